The van der Waals surface area contributed by atoms with Gasteiger partial charge in [0.1, 0.15) is 17.7 Å². The highest BCUT2D eigenvalue weighted by atomic mass is 19.1. The van der Waals surface area contributed by atoms with Crippen molar-refractivity contribution in [3.63, 3.8) is 0 Å². The number of halogens is 2. The third kappa shape index (κ3) is 2.28. The lowest BCUT2D eigenvalue weighted by Crippen LogP contribution is -2.02. The van der Waals surface area contributed by atoms with Crippen LogP contribution < -0.4 is 0 Å². The Morgan fingerprint density at radius 3 is 2.20 bits per heavy atom. The SMILES string of the molecule is OC(c1cc(F)cc(F)c1)c1cccc2ccccc12. The summed E-state index contributed by atoms with van der Waals surface area (Å²) in [6, 6.07) is 16.2. The van der Waals surface area contributed by atoms with Crippen molar-refractivity contribution in [3.8, 4) is 0 Å². The highest BCUT2D eigenvalue weighted by Crippen LogP contribution is 2.29. The minimum Gasteiger partial charge on any atom is -0.384 e. The van der Waals surface area contributed by atoms with Gasteiger partial charge < -0.3 is 5.11 Å². The molecule has 100 valence electrons. The molecule has 0 heterocycles. The lowest BCUT2D eigenvalue weighted by atomic mass is 9.96. The average molecular weight is 270 g/mol. The van der Waals surface area contributed by atoms with Gasteiger partial charge in [0.2, 0.25) is 0 Å². The molecule has 0 saturated heterocycles. The molecule has 0 aliphatic rings. The minimum absolute atomic E-state index is 0.207. The van der Waals surface area contributed by atoms with E-state index >= 15 is 0 Å². The van der Waals surface area contributed by atoms with E-state index in [1.165, 1.54) is 0 Å². The number of hydrogen-bond acceptors (Lipinski definition) is 1. The number of aliphatic hydroxyl groups is 1. The van der Waals surface area contributed by atoms with Crippen LogP contribution in [0.4, 0.5) is 8.78 Å². The van der Waals surface area contributed by atoms with Crippen molar-refractivity contribution in [2.45, 2.75) is 6.10 Å². The summed E-state index contributed by atoms with van der Waals surface area (Å²) in [4.78, 5) is 0. The number of rotatable bonds is 2. The first kappa shape index (κ1) is 12.8. The highest BCUT2D eigenvalue weighted by molar-refractivity contribution is 5.86. The van der Waals surface area contributed by atoms with Gasteiger partial charge in [-0.1, -0.05) is 42.5 Å². The average Bonchev–Trinajstić information content (AvgIpc) is 2.45. The molecule has 0 aromatic heterocycles. The first-order chi connectivity index (χ1) is 9.65. The van der Waals surface area contributed by atoms with Gasteiger partial charge in [0.15, 0.2) is 0 Å². The fraction of sp³-hybridized carbons (Fsp3) is 0.0588. The quantitative estimate of drug-likeness (QED) is 0.740. The van der Waals surface area contributed by atoms with Crippen molar-refractivity contribution in [1.29, 1.82) is 0 Å². The molecule has 3 rings (SSSR count). The zero-order valence-electron chi connectivity index (χ0n) is 10.6. The number of benzene rings is 3. The van der Waals surface area contributed by atoms with E-state index in [9.17, 15) is 13.9 Å². The summed E-state index contributed by atoms with van der Waals surface area (Å²) in [5, 5.41) is 12.2. The molecule has 1 atom stereocenters. The fourth-order valence-corrected chi connectivity index (χ4v) is 2.40. The second kappa shape index (κ2) is 5.02. The Hall–Kier alpha value is -2.26. The van der Waals surface area contributed by atoms with Gasteiger partial charge in [-0.25, -0.2) is 8.78 Å². The second-order valence-corrected chi connectivity index (χ2v) is 4.67. The van der Waals surface area contributed by atoms with E-state index in [2.05, 4.69) is 0 Å². The lowest BCUT2D eigenvalue weighted by molar-refractivity contribution is 0.221. The zero-order chi connectivity index (χ0) is 14.1. The van der Waals surface area contributed by atoms with Crippen LogP contribution in [0.25, 0.3) is 10.8 Å². The standard InChI is InChI=1S/C17H12F2O/c18-13-8-12(9-14(19)10-13)17(20)16-7-3-5-11-4-1-2-6-15(11)16/h1-10,17,20H. The summed E-state index contributed by atoms with van der Waals surface area (Å²) < 4.78 is 26.5. The van der Waals surface area contributed by atoms with Crippen LogP contribution in [0, 0.1) is 11.6 Å². The third-order valence-electron chi connectivity index (χ3n) is 3.32. The minimum atomic E-state index is -1.06. The summed E-state index contributed by atoms with van der Waals surface area (Å²) in [7, 11) is 0. The van der Waals surface area contributed by atoms with Gasteiger partial charge in [-0.15, -0.1) is 0 Å². The number of fused-ring (bicyclic) bond motifs is 1. The van der Waals surface area contributed by atoms with Crippen LogP contribution in [0.3, 0.4) is 0 Å². The van der Waals surface area contributed by atoms with Crippen LogP contribution in [-0.4, -0.2) is 5.11 Å². The molecule has 0 fully saturated rings. The lowest BCUT2D eigenvalue weighted by Gasteiger charge is -2.14. The monoisotopic (exact) mass is 270 g/mol. The summed E-state index contributed by atoms with van der Waals surface area (Å²) in [6.45, 7) is 0. The van der Waals surface area contributed by atoms with E-state index in [1.54, 1.807) is 6.07 Å². The fourth-order valence-electron chi connectivity index (χ4n) is 2.40. The maximum atomic E-state index is 13.3. The zero-order valence-corrected chi connectivity index (χ0v) is 10.6. The van der Waals surface area contributed by atoms with Gasteiger partial charge >= 0.3 is 0 Å². The van der Waals surface area contributed by atoms with Gasteiger partial charge in [0.25, 0.3) is 0 Å². The van der Waals surface area contributed by atoms with E-state index in [-0.39, 0.29) is 5.56 Å². The van der Waals surface area contributed by atoms with Gasteiger partial charge in [0, 0.05) is 6.07 Å². The molecule has 3 aromatic rings. The van der Waals surface area contributed by atoms with Gasteiger partial charge in [-0.3, -0.25) is 0 Å². The largest absolute Gasteiger partial charge is 0.384 e. The Bertz CT molecular complexity index is 742. The van der Waals surface area contributed by atoms with Gasteiger partial charge in [-0.2, -0.15) is 0 Å². The van der Waals surface area contributed by atoms with Gasteiger partial charge in [0.05, 0.1) is 0 Å². The predicted octanol–water partition coefficient (Wildman–Crippen LogP) is 4.20. The van der Waals surface area contributed by atoms with Crippen molar-refractivity contribution in [2.75, 3.05) is 0 Å². The highest BCUT2D eigenvalue weighted by Gasteiger charge is 2.15. The van der Waals surface area contributed by atoms with Crippen molar-refractivity contribution >= 4 is 10.8 Å². The molecule has 0 aliphatic carbocycles. The maximum absolute atomic E-state index is 13.3. The van der Waals surface area contributed by atoms with E-state index in [1.807, 2.05) is 36.4 Å². The van der Waals surface area contributed by atoms with Crippen molar-refractivity contribution in [1.82, 2.24) is 0 Å². The number of aliphatic hydroxyl groups excluding tert-OH is 1. The van der Waals surface area contributed by atoms with Gasteiger partial charge in [-0.05, 0) is 34.0 Å². The van der Waals surface area contributed by atoms with Crippen LogP contribution in [0.1, 0.15) is 17.2 Å². The summed E-state index contributed by atoms with van der Waals surface area (Å²) in [5.74, 6) is -1.39. The Kier molecular flexibility index (Phi) is 3.20. The van der Waals surface area contributed by atoms with Crippen molar-refractivity contribution in [2.24, 2.45) is 0 Å². The Morgan fingerprint density at radius 2 is 1.45 bits per heavy atom. The summed E-state index contributed by atoms with van der Waals surface area (Å²) in [6.07, 6.45) is -1.06. The Labute approximate surface area is 115 Å². The van der Waals surface area contributed by atoms with Crippen molar-refractivity contribution < 1.29 is 13.9 Å². The Balaban J connectivity index is 2.15. The molecule has 1 unspecified atom stereocenters. The van der Waals surface area contributed by atoms with E-state index < -0.39 is 17.7 Å². The molecule has 20 heavy (non-hydrogen) atoms. The summed E-state index contributed by atoms with van der Waals surface area (Å²) >= 11 is 0. The topological polar surface area (TPSA) is 20.2 Å². The molecule has 0 spiro atoms. The number of hydrogen-bond donors (Lipinski definition) is 1. The molecule has 0 saturated carbocycles. The molecular weight excluding hydrogens is 258 g/mol. The molecule has 0 amide bonds. The molecule has 1 N–H and O–H groups in total. The normalized spacial score (nSPS) is 12.6. The van der Waals surface area contributed by atoms with Crippen LogP contribution in [-0.2, 0) is 0 Å². The van der Waals surface area contributed by atoms with E-state index in [0.717, 1.165) is 29.0 Å². The molecule has 3 aromatic carbocycles. The third-order valence-corrected chi connectivity index (χ3v) is 3.32. The summed E-state index contributed by atoms with van der Waals surface area (Å²) in [5.41, 5.74) is 0.840. The first-order valence-electron chi connectivity index (χ1n) is 6.27. The van der Waals surface area contributed by atoms with Crippen LogP contribution in [0.5, 0.6) is 0 Å². The molecule has 1 nitrogen and oxygen atoms in total. The van der Waals surface area contributed by atoms with Crippen molar-refractivity contribution in [3.05, 3.63) is 83.4 Å². The first-order valence-corrected chi connectivity index (χ1v) is 6.27. The predicted molar refractivity (Wildman–Crippen MR) is 74.4 cm³/mol. The molecule has 0 aliphatic heterocycles. The van der Waals surface area contributed by atoms with E-state index in [4.69, 9.17) is 0 Å². The van der Waals surface area contributed by atoms with Crippen LogP contribution in [0.2, 0.25) is 0 Å². The van der Waals surface area contributed by atoms with E-state index in [0.29, 0.717) is 5.56 Å². The van der Waals surface area contributed by atoms with Crippen LogP contribution >= 0.6 is 0 Å². The molecule has 3 heteroatoms. The smallest absolute Gasteiger partial charge is 0.126 e. The molecule has 0 radical (unpaired) electrons. The van der Waals surface area contributed by atoms with Crippen LogP contribution in [0.15, 0.2) is 60.7 Å². The second-order valence-electron chi connectivity index (χ2n) is 4.67. The molecular formula is C17H12F2O. The molecule has 0 bridgehead atoms. The maximum Gasteiger partial charge on any atom is 0.126 e. The Morgan fingerprint density at radius 1 is 0.800 bits per heavy atom.